The first kappa shape index (κ1) is 10.8. The first-order valence-electron chi connectivity index (χ1n) is 4.89. The summed E-state index contributed by atoms with van der Waals surface area (Å²) in [5.74, 6) is 1.12. The molecule has 4 heteroatoms. The number of guanidine groups is 1. The Morgan fingerprint density at radius 2 is 1.92 bits per heavy atom. The van der Waals surface area contributed by atoms with Gasteiger partial charge >= 0.3 is 0 Å². The van der Waals surface area contributed by atoms with Gasteiger partial charge in [0.15, 0.2) is 5.96 Å². The van der Waals surface area contributed by atoms with Crippen molar-refractivity contribution in [2.24, 2.45) is 11.7 Å². The number of likely N-dealkylation sites (tertiary alicyclic amines) is 1. The Balaban J connectivity index is 0.000000845. The molecule has 2 fully saturated rings. The third-order valence-corrected chi connectivity index (χ3v) is 3.32. The molecular weight excluding hydrogens is 230 g/mol. The highest BCUT2D eigenvalue weighted by molar-refractivity contribution is 8.93. The zero-order valence-corrected chi connectivity index (χ0v) is 9.54. The highest BCUT2D eigenvalue weighted by Gasteiger charge is 2.35. The maximum absolute atomic E-state index is 7.42. The van der Waals surface area contributed by atoms with Crippen LogP contribution in [0.5, 0.6) is 0 Å². The van der Waals surface area contributed by atoms with Crippen molar-refractivity contribution in [1.29, 1.82) is 5.41 Å². The Hall–Kier alpha value is -0.250. The third-order valence-electron chi connectivity index (χ3n) is 3.32. The molecule has 13 heavy (non-hydrogen) atoms. The average molecular weight is 248 g/mol. The van der Waals surface area contributed by atoms with Gasteiger partial charge in [-0.05, 0) is 25.2 Å². The number of halogens is 1. The van der Waals surface area contributed by atoms with Crippen LogP contribution in [-0.4, -0.2) is 23.4 Å². The van der Waals surface area contributed by atoms with Gasteiger partial charge in [0.2, 0.25) is 0 Å². The number of nitrogens with two attached hydrogens (primary N) is 1. The van der Waals surface area contributed by atoms with Gasteiger partial charge in [0.05, 0.1) is 0 Å². The quantitative estimate of drug-likeness (QED) is 0.506. The topological polar surface area (TPSA) is 53.1 Å². The Morgan fingerprint density at radius 3 is 2.62 bits per heavy atom. The lowest BCUT2D eigenvalue weighted by atomic mass is 9.85. The van der Waals surface area contributed by atoms with Crippen LogP contribution < -0.4 is 5.73 Å². The smallest absolute Gasteiger partial charge is 0.188 e. The number of hydrogen-bond donors (Lipinski definition) is 2. The van der Waals surface area contributed by atoms with E-state index in [1.165, 1.54) is 32.1 Å². The fraction of sp³-hybridized carbons (Fsp3) is 0.889. The molecule has 0 aromatic heterocycles. The molecule has 0 amide bonds. The largest absolute Gasteiger partial charge is 0.370 e. The van der Waals surface area contributed by atoms with E-state index in [2.05, 4.69) is 4.90 Å². The van der Waals surface area contributed by atoms with E-state index in [4.69, 9.17) is 11.1 Å². The molecular formula is C9H18BrN3. The molecule has 1 heterocycles. The number of fused-ring (bicyclic) bond motifs is 1. The molecule has 0 aromatic carbocycles. The molecule has 1 saturated heterocycles. The molecule has 76 valence electrons. The standard InChI is InChI=1S/C9H17N3.BrH/c10-9(11)12-6-5-7-3-1-2-4-8(7)12;/h7-8H,1-6H2,(H3,10,11);1H/t7-,8-;/m0./s1. The summed E-state index contributed by atoms with van der Waals surface area (Å²) in [4.78, 5) is 2.09. The molecule has 1 aliphatic carbocycles. The highest BCUT2D eigenvalue weighted by atomic mass is 79.9. The summed E-state index contributed by atoms with van der Waals surface area (Å²) in [6.45, 7) is 1.02. The SMILES string of the molecule is Br.N=C(N)N1CC[C@@H]2CCCC[C@@H]21. The predicted octanol–water partition coefficient (Wildman–Crippen LogP) is 1.72. The van der Waals surface area contributed by atoms with E-state index in [-0.39, 0.29) is 22.9 Å². The molecule has 0 unspecified atom stereocenters. The molecule has 1 aliphatic heterocycles. The Labute approximate surface area is 89.9 Å². The van der Waals surface area contributed by atoms with Gasteiger partial charge in [-0.25, -0.2) is 0 Å². The van der Waals surface area contributed by atoms with Crippen molar-refractivity contribution >= 4 is 22.9 Å². The van der Waals surface area contributed by atoms with E-state index < -0.39 is 0 Å². The molecule has 2 aliphatic rings. The van der Waals surface area contributed by atoms with E-state index in [0.29, 0.717) is 6.04 Å². The first-order chi connectivity index (χ1) is 5.79. The minimum Gasteiger partial charge on any atom is -0.370 e. The van der Waals surface area contributed by atoms with Gasteiger partial charge in [0.1, 0.15) is 0 Å². The monoisotopic (exact) mass is 247 g/mol. The molecule has 0 radical (unpaired) electrons. The fourth-order valence-electron chi connectivity index (χ4n) is 2.70. The number of nitrogens with zero attached hydrogens (tertiary/aromatic N) is 1. The van der Waals surface area contributed by atoms with Crippen molar-refractivity contribution in [3.8, 4) is 0 Å². The number of nitrogens with one attached hydrogen (secondary N) is 1. The lowest BCUT2D eigenvalue weighted by Crippen LogP contribution is -2.42. The van der Waals surface area contributed by atoms with Crippen molar-refractivity contribution in [3.63, 3.8) is 0 Å². The minimum atomic E-state index is 0. The third kappa shape index (κ3) is 1.98. The average Bonchev–Trinajstić information content (AvgIpc) is 2.47. The lowest BCUT2D eigenvalue weighted by Gasteiger charge is -2.31. The molecule has 1 saturated carbocycles. The van der Waals surface area contributed by atoms with Crippen LogP contribution in [0.25, 0.3) is 0 Å². The van der Waals surface area contributed by atoms with Gasteiger partial charge in [0.25, 0.3) is 0 Å². The van der Waals surface area contributed by atoms with E-state index in [9.17, 15) is 0 Å². The summed E-state index contributed by atoms with van der Waals surface area (Å²) in [6.07, 6.45) is 6.57. The van der Waals surface area contributed by atoms with Crippen molar-refractivity contribution in [2.45, 2.75) is 38.1 Å². The summed E-state index contributed by atoms with van der Waals surface area (Å²) < 4.78 is 0. The highest BCUT2D eigenvalue weighted by Crippen LogP contribution is 2.35. The Morgan fingerprint density at radius 1 is 1.23 bits per heavy atom. The van der Waals surface area contributed by atoms with Crippen LogP contribution in [0.3, 0.4) is 0 Å². The molecule has 2 atom stereocenters. The summed E-state index contributed by atoms with van der Waals surface area (Å²) >= 11 is 0. The maximum atomic E-state index is 7.42. The summed E-state index contributed by atoms with van der Waals surface area (Å²) in [7, 11) is 0. The van der Waals surface area contributed by atoms with Crippen LogP contribution in [0, 0.1) is 11.3 Å². The molecule has 3 N–H and O–H groups in total. The van der Waals surface area contributed by atoms with Crippen molar-refractivity contribution in [2.75, 3.05) is 6.54 Å². The Kier molecular flexibility index (Phi) is 3.59. The van der Waals surface area contributed by atoms with Crippen molar-refractivity contribution in [1.82, 2.24) is 4.90 Å². The summed E-state index contributed by atoms with van der Waals surface area (Å²) in [5.41, 5.74) is 5.51. The van der Waals surface area contributed by atoms with Crippen molar-refractivity contribution in [3.05, 3.63) is 0 Å². The van der Waals surface area contributed by atoms with Gasteiger partial charge in [-0.15, -0.1) is 17.0 Å². The van der Waals surface area contributed by atoms with Gasteiger partial charge in [-0.2, -0.15) is 0 Å². The van der Waals surface area contributed by atoms with Crippen LogP contribution in [0.15, 0.2) is 0 Å². The second-order valence-corrected chi connectivity index (χ2v) is 3.98. The predicted molar refractivity (Wildman–Crippen MR) is 59.3 cm³/mol. The first-order valence-corrected chi connectivity index (χ1v) is 4.89. The fourth-order valence-corrected chi connectivity index (χ4v) is 2.70. The zero-order valence-electron chi connectivity index (χ0n) is 7.83. The van der Waals surface area contributed by atoms with Crippen LogP contribution >= 0.6 is 17.0 Å². The van der Waals surface area contributed by atoms with Crippen molar-refractivity contribution < 1.29 is 0 Å². The second kappa shape index (κ2) is 4.31. The van der Waals surface area contributed by atoms with E-state index in [1.54, 1.807) is 0 Å². The van der Waals surface area contributed by atoms with E-state index in [0.717, 1.165) is 12.5 Å². The van der Waals surface area contributed by atoms with Gasteiger partial charge in [0, 0.05) is 12.6 Å². The normalized spacial score (nSPS) is 32.2. The van der Waals surface area contributed by atoms with Crippen LogP contribution in [-0.2, 0) is 0 Å². The number of hydrogen-bond acceptors (Lipinski definition) is 1. The molecule has 0 aromatic rings. The maximum Gasteiger partial charge on any atom is 0.188 e. The zero-order chi connectivity index (χ0) is 8.55. The molecule has 3 nitrogen and oxygen atoms in total. The number of rotatable bonds is 0. The van der Waals surface area contributed by atoms with E-state index >= 15 is 0 Å². The van der Waals surface area contributed by atoms with E-state index in [1.807, 2.05) is 0 Å². The molecule has 0 bridgehead atoms. The Bertz CT molecular complexity index is 195. The lowest BCUT2D eigenvalue weighted by molar-refractivity contribution is 0.251. The van der Waals surface area contributed by atoms with Crippen LogP contribution in [0.4, 0.5) is 0 Å². The van der Waals surface area contributed by atoms with Crippen LogP contribution in [0.2, 0.25) is 0 Å². The van der Waals surface area contributed by atoms with Crippen LogP contribution in [0.1, 0.15) is 32.1 Å². The van der Waals surface area contributed by atoms with Gasteiger partial charge in [-0.1, -0.05) is 12.8 Å². The molecule has 2 rings (SSSR count). The van der Waals surface area contributed by atoms with Gasteiger partial charge in [-0.3, -0.25) is 5.41 Å². The minimum absolute atomic E-state index is 0. The second-order valence-electron chi connectivity index (χ2n) is 3.98. The summed E-state index contributed by atoms with van der Waals surface area (Å²) in [5, 5.41) is 7.42. The summed E-state index contributed by atoms with van der Waals surface area (Å²) in [6, 6.07) is 0.608. The molecule has 0 spiro atoms. The van der Waals surface area contributed by atoms with Gasteiger partial charge < -0.3 is 10.6 Å².